The average molecular weight is 271 g/mol. The summed E-state index contributed by atoms with van der Waals surface area (Å²) in [5.41, 5.74) is 0. The van der Waals surface area contributed by atoms with Crippen molar-refractivity contribution in [3.05, 3.63) is 43.0 Å². The minimum atomic E-state index is -0.893. The van der Waals surface area contributed by atoms with Crippen LogP contribution >= 0.6 is 25.1 Å². The van der Waals surface area contributed by atoms with Gasteiger partial charge < -0.3 is 9.03 Å². The second kappa shape index (κ2) is 5.96. The van der Waals surface area contributed by atoms with E-state index in [-0.39, 0.29) is 0 Å². The van der Waals surface area contributed by atoms with Crippen LogP contribution in [0, 0.1) is 0 Å². The Balaban J connectivity index is 2.24. The van der Waals surface area contributed by atoms with Gasteiger partial charge in [0.1, 0.15) is 14.3 Å². The van der Waals surface area contributed by atoms with Gasteiger partial charge in [-0.05, 0) is 12.1 Å². The molecule has 0 aliphatic rings. The van der Waals surface area contributed by atoms with Crippen LogP contribution in [0.2, 0.25) is 0 Å². The predicted molar refractivity (Wildman–Crippen MR) is 71.6 cm³/mol. The lowest BCUT2D eigenvalue weighted by molar-refractivity contribution is 0.613. The maximum absolute atomic E-state index is 5.86. The molecule has 0 radical (unpaired) electrons. The smallest absolute Gasteiger partial charge is 0.266 e. The monoisotopic (exact) mass is 271 g/mol. The number of hydrogen-bond donors (Lipinski definition) is 1. The van der Waals surface area contributed by atoms with E-state index in [1.54, 1.807) is 0 Å². The molecule has 2 aromatic rings. The van der Waals surface area contributed by atoms with Gasteiger partial charge in [0, 0.05) is 8.51 Å². The Morgan fingerprint density at radius 2 is 2.38 bits per heavy atom. The Bertz CT molecular complexity index is 480. The Hall–Kier alpha value is -0.940. The number of benzene rings is 1. The second-order valence-electron chi connectivity index (χ2n) is 2.94. The van der Waals surface area contributed by atoms with Gasteiger partial charge in [-0.2, -0.15) is 0 Å². The molecule has 0 saturated heterocycles. The van der Waals surface area contributed by atoms with Gasteiger partial charge in [-0.1, -0.05) is 24.3 Å². The van der Waals surface area contributed by atoms with Crippen molar-refractivity contribution in [3.63, 3.8) is 0 Å². The lowest BCUT2D eigenvalue weighted by atomic mass is 10.3. The molecule has 7 heteroatoms. The molecule has 4 nitrogen and oxygen atoms in total. The SMILES string of the molecule is C=CCn1[pH][nH]pnp1Oc1ccccc1. The molecule has 2 rings (SSSR count). The second-order valence-corrected chi connectivity index (χ2v) is 7.06. The Morgan fingerprint density at radius 1 is 1.56 bits per heavy atom. The third kappa shape index (κ3) is 3.02. The molecule has 1 N–H and O–H groups in total. The van der Waals surface area contributed by atoms with Gasteiger partial charge in [-0.25, -0.2) is 0 Å². The predicted octanol–water partition coefficient (Wildman–Crippen LogP) is 3.96. The Kier molecular flexibility index (Phi) is 4.30. The molecule has 0 spiro atoms. The summed E-state index contributed by atoms with van der Waals surface area (Å²) in [5, 5.41) is 0. The molecule has 0 aliphatic carbocycles. The van der Waals surface area contributed by atoms with Gasteiger partial charge in [-0.3, -0.25) is 4.09 Å². The van der Waals surface area contributed by atoms with Crippen LogP contribution in [-0.4, -0.2) is 13.1 Å². The van der Waals surface area contributed by atoms with E-state index < -0.39 is 8.08 Å². The van der Waals surface area contributed by atoms with E-state index in [1.807, 2.05) is 36.4 Å². The van der Waals surface area contributed by atoms with Gasteiger partial charge >= 0.3 is 0 Å². The first-order valence-corrected chi connectivity index (χ1v) is 7.69. The van der Waals surface area contributed by atoms with Crippen molar-refractivity contribution in [3.8, 4) is 5.75 Å². The molecule has 1 heterocycles. The molecule has 0 aliphatic heterocycles. The maximum Gasteiger partial charge on any atom is 0.266 e. The number of H-pyrrole nitrogens is 1. The van der Waals surface area contributed by atoms with Gasteiger partial charge in [0.15, 0.2) is 0 Å². The molecular formula is C9H12N3OP3. The Labute approximate surface area is 98.4 Å². The van der Waals surface area contributed by atoms with Crippen LogP contribution in [-0.2, 0) is 6.54 Å². The van der Waals surface area contributed by atoms with E-state index in [0.29, 0.717) is 8.51 Å². The van der Waals surface area contributed by atoms with Crippen molar-refractivity contribution < 1.29 is 4.52 Å². The fourth-order valence-electron chi connectivity index (χ4n) is 1.11. The zero-order valence-electron chi connectivity index (χ0n) is 8.58. The summed E-state index contributed by atoms with van der Waals surface area (Å²) in [6.07, 6.45) is 1.87. The lowest BCUT2D eigenvalue weighted by Crippen LogP contribution is -1.94. The van der Waals surface area contributed by atoms with Gasteiger partial charge in [-0.15, -0.1) is 11.1 Å². The zero-order valence-corrected chi connectivity index (χ0v) is 11.4. The van der Waals surface area contributed by atoms with Crippen LogP contribution in [0.5, 0.6) is 5.75 Å². The van der Waals surface area contributed by atoms with Crippen LogP contribution in [0.25, 0.3) is 0 Å². The summed E-state index contributed by atoms with van der Waals surface area (Å²) in [7, 11) is 0.552. The molecular weight excluding hydrogens is 259 g/mol. The van der Waals surface area contributed by atoms with E-state index in [1.165, 1.54) is 0 Å². The minimum absolute atomic E-state index is 0.541. The quantitative estimate of drug-likeness (QED) is 0.855. The Morgan fingerprint density at radius 3 is 3.12 bits per heavy atom. The highest BCUT2D eigenvalue weighted by Crippen LogP contribution is 2.30. The molecule has 2 unspecified atom stereocenters. The summed E-state index contributed by atoms with van der Waals surface area (Å²) < 4.78 is 15.6. The standard InChI is InChI=1S/C9H12N3OP3/c1-2-8-12-15-10-14-11-16(12)13-9-6-4-3-5-7-9/h2-7,15H,1,8H2,(H,10,11). The normalized spacial score (nSPS) is 11.9. The first kappa shape index (κ1) is 11.5. The minimum Gasteiger partial charge on any atom is -0.416 e. The van der Waals surface area contributed by atoms with E-state index in [4.69, 9.17) is 4.52 Å². The maximum atomic E-state index is 5.86. The van der Waals surface area contributed by atoms with E-state index in [9.17, 15) is 0 Å². The molecule has 0 amide bonds. The molecule has 0 bridgehead atoms. The van der Waals surface area contributed by atoms with Gasteiger partial charge in [0.2, 0.25) is 0 Å². The number of aromatic nitrogens is 3. The molecule has 1 aromatic carbocycles. The molecule has 0 fully saturated rings. The van der Waals surface area contributed by atoms with Crippen molar-refractivity contribution in [2.24, 2.45) is 0 Å². The average Bonchev–Trinajstić information content (AvgIpc) is 2.33. The molecule has 16 heavy (non-hydrogen) atoms. The van der Waals surface area contributed by atoms with Crippen molar-refractivity contribution in [1.29, 1.82) is 0 Å². The largest absolute Gasteiger partial charge is 0.416 e. The third-order valence-electron chi connectivity index (χ3n) is 1.79. The van der Waals surface area contributed by atoms with Crippen LogP contribution in [0.15, 0.2) is 43.0 Å². The van der Waals surface area contributed by atoms with Crippen molar-refractivity contribution in [2.45, 2.75) is 6.54 Å². The number of para-hydroxylation sites is 1. The van der Waals surface area contributed by atoms with Crippen LogP contribution in [0.3, 0.4) is 0 Å². The van der Waals surface area contributed by atoms with E-state index in [0.717, 1.165) is 20.8 Å². The molecule has 1 aromatic heterocycles. The van der Waals surface area contributed by atoms with E-state index >= 15 is 0 Å². The lowest BCUT2D eigenvalue weighted by Gasteiger charge is -2.10. The number of allylic oxidation sites excluding steroid dienone is 1. The van der Waals surface area contributed by atoms with Crippen LogP contribution < -0.4 is 4.52 Å². The van der Waals surface area contributed by atoms with Crippen molar-refractivity contribution in [2.75, 3.05) is 0 Å². The van der Waals surface area contributed by atoms with Gasteiger partial charge in [0.05, 0.1) is 6.54 Å². The highest BCUT2D eigenvalue weighted by Gasteiger charge is 2.01. The summed E-state index contributed by atoms with van der Waals surface area (Å²) in [4.78, 5) is 0. The third-order valence-corrected chi connectivity index (χ3v) is 5.76. The first-order chi connectivity index (χ1) is 7.90. The fourth-order valence-corrected chi connectivity index (χ4v) is 5.28. The van der Waals surface area contributed by atoms with Gasteiger partial charge in [0.25, 0.3) is 8.08 Å². The highest BCUT2D eigenvalue weighted by molar-refractivity contribution is 7.51. The number of hydrogen-bond acceptors (Lipinski definition) is 2. The number of aromatic amines is 1. The topological polar surface area (TPSA) is 42.8 Å². The summed E-state index contributed by atoms with van der Waals surface area (Å²) in [6.45, 7) is 4.54. The number of nitrogens with one attached hydrogen (secondary N) is 1. The summed E-state index contributed by atoms with van der Waals surface area (Å²) in [6, 6.07) is 9.80. The van der Waals surface area contributed by atoms with Crippen LogP contribution in [0.4, 0.5) is 0 Å². The number of rotatable bonds is 4. The molecule has 84 valence electrons. The fraction of sp³-hybridized carbons (Fsp3) is 0.111. The summed E-state index contributed by atoms with van der Waals surface area (Å²) in [5.74, 6) is 0.869. The molecule has 0 saturated carbocycles. The zero-order chi connectivity index (χ0) is 11.2. The summed E-state index contributed by atoms with van der Waals surface area (Å²) >= 11 is 0. The first-order valence-electron chi connectivity index (χ1n) is 4.73. The van der Waals surface area contributed by atoms with E-state index in [2.05, 4.69) is 19.7 Å². The highest BCUT2D eigenvalue weighted by atomic mass is 31.2. The van der Waals surface area contributed by atoms with Crippen LogP contribution in [0.1, 0.15) is 0 Å². The number of nitrogens with zero attached hydrogens (tertiary/aromatic N) is 2. The molecule has 2 atom stereocenters. The van der Waals surface area contributed by atoms with Crippen molar-refractivity contribution >= 4 is 25.1 Å². The van der Waals surface area contributed by atoms with Crippen molar-refractivity contribution in [1.82, 2.24) is 13.1 Å².